The molecule has 1 aromatic carbocycles. The number of pyridine rings is 1. The summed E-state index contributed by atoms with van der Waals surface area (Å²) in [6.07, 6.45) is 3.95. The Hall–Kier alpha value is -2.56. The number of carbonyl (C=O) groups is 1. The topological polar surface area (TPSA) is 77.2 Å². The number of ether oxygens (including phenoxy) is 1. The van der Waals surface area contributed by atoms with Gasteiger partial charge in [-0.3, -0.25) is 9.78 Å². The van der Waals surface area contributed by atoms with Gasteiger partial charge in [0.25, 0.3) is 5.91 Å². The monoisotopic (exact) mass is 271 g/mol. The van der Waals surface area contributed by atoms with Crippen LogP contribution in [0, 0.1) is 0 Å². The van der Waals surface area contributed by atoms with E-state index in [1.807, 2.05) is 19.1 Å². The van der Waals surface area contributed by atoms with Gasteiger partial charge < -0.3 is 15.8 Å². The van der Waals surface area contributed by atoms with Crippen molar-refractivity contribution in [2.75, 3.05) is 17.7 Å². The molecule has 5 nitrogen and oxygen atoms in total. The Bertz CT molecular complexity index is 582. The molecular weight excluding hydrogens is 254 g/mol. The normalized spacial score (nSPS) is 10.1. The van der Waals surface area contributed by atoms with Crippen molar-refractivity contribution in [3.63, 3.8) is 0 Å². The van der Waals surface area contributed by atoms with Crippen LogP contribution in [0.3, 0.4) is 0 Å². The molecule has 0 saturated heterocycles. The lowest BCUT2D eigenvalue weighted by atomic mass is 10.2. The second-order valence-electron chi connectivity index (χ2n) is 4.29. The molecule has 0 aliphatic heterocycles. The lowest BCUT2D eigenvalue weighted by Gasteiger charge is -2.08. The van der Waals surface area contributed by atoms with Gasteiger partial charge in [0.15, 0.2) is 0 Å². The highest BCUT2D eigenvalue weighted by molar-refractivity contribution is 6.07. The van der Waals surface area contributed by atoms with Gasteiger partial charge in [-0.1, -0.05) is 6.92 Å². The lowest BCUT2D eigenvalue weighted by Crippen LogP contribution is -2.14. The second-order valence-corrected chi connectivity index (χ2v) is 4.29. The van der Waals surface area contributed by atoms with E-state index in [0.717, 1.165) is 12.2 Å². The van der Waals surface area contributed by atoms with Gasteiger partial charge in [-0.05, 0) is 36.8 Å². The molecule has 0 aliphatic rings. The average Bonchev–Trinajstić information content (AvgIpc) is 2.47. The third kappa shape index (κ3) is 3.47. The maximum absolute atomic E-state index is 12.0. The third-order valence-electron chi connectivity index (χ3n) is 2.68. The van der Waals surface area contributed by atoms with E-state index in [1.54, 1.807) is 18.2 Å². The summed E-state index contributed by atoms with van der Waals surface area (Å²) in [5.74, 6) is 0.528. The Kier molecular flexibility index (Phi) is 4.55. The van der Waals surface area contributed by atoms with Crippen molar-refractivity contribution in [3.8, 4) is 5.75 Å². The number of benzene rings is 1. The van der Waals surface area contributed by atoms with E-state index in [4.69, 9.17) is 10.5 Å². The molecule has 0 radical (unpaired) electrons. The number of rotatable bonds is 5. The minimum absolute atomic E-state index is 0.257. The van der Waals surface area contributed by atoms with Crippen LogP contribution >= 0.6 is 0 Å². The summed E-state index contributed by atoms with van der Waals surface area (Å²) in [6.45, 7) is 2.73. The smallest absolute Gasteiger partial charge is 0.257 e. The maximum Gasteiger partial charge on any atom is 0.257 e. The van der Waals surface area contributed by atoms with Gasteiger partial charge in [-0.25, -0.2) is 0 Å². The molecule has 0 bridgehead atoms. The van der Waals surface area contributed by atoms with E-state index in [9.17, 15) is 4.79 Å². The number of nitrogens with two attached hydrogens (primary N) is 1. The summed E-state index contributed by atoms with van der Waals surface area (Å²) < 4.78 is 5.48. The predicted octanol–water partition coefficient (Wildman–Crippen LogP) is 2.70. The first-order chi connectivity index (χ1) is 9.70. The number of nitrogens with zero attached hydrogens (tertiary/aromatic N) is 1. The molecule has 1 amide bonds. The molecule has 2 rings (SSSR count). The first-order valence-electron chi connectivity index (χ1n) is 6.44. The van der Waals surface area contributed by atoms with Gasteiger partial charge in [0, 0.05) is 11.9 Å². The largest absolute Gasteiger partial charge is 0.494 e. The Morgan fingerprint density at radius 3 is 2.70 bits per heavy atom. The van der Waals surface area contributed by atoms with Gasteiger partial charge >= 0.3 is 0 Å². The second kappa shape index (κ2) is 6.56. The summed E-state index contributed by atoms with van der Waals surface area (Å²) >= 11 is 0. The summed E-state index contributed by atoms with van der Waals surface area (Å²) in [4.78, 5) is 15.9. The van der Waals surface area contributed by atoms with Crippen LogP contribution in [0.1, 0.15) is 23.7 Å². The van der Waals surface area contributed by atoms with Crippen molar-refractivity contribution in [1.82, 2.24) is 4.98 Å². The highest BCUT2D eigenvalue weighted by Crippen LogP contribution is 2.17. The van der Waals surface area contributed by atoms with Crippen molar-refractivity contribution >= 4 is 17.3 Å². The Balaban J connectivity index is 2.03. The number of amides is 1. The zero-order chi connectivity index (χ0) is 14.4. The molecule has 0 unspecified atom stereocenters. The Morgan fingerprint density at radius 2 is 2.05 bits per heavy atom. The highest BCUT2D eigenvalue weighted by Gasteiger charge is 2.09. The Labute approximate surface area is 117 Å². The molecule has 0 spiro atoms. The van der Waals surface area contributed by atoms with Crippen LogP contribution in [-0.4, -0.2) is 17.5 Å². The van der Waals surface area contributed by atoms with Crippen molar-refractivity contribution in [3.05, 3.63) is 48.3 Å². The van der Waals surface area contributed by atoms with Crippen LogP contribution in [-0.2, 0) is 0 Å². The van der Waals surface area contributed by atoms with Gasteiger partial charge in [-0.2, -0.15) is 0 Å². The summed E-state index contributed by atoms with van der Waals surface area (Å²) in [7, 11) is 0. The molecular formula is C15H17N3O2. The molecule has 2 aromatic rings. The number of anilines is 2. The minimum Gasteiger partial charge on any atom is -0.494 e. The fourth-order valence-corrected chi connectivity index (χ4v) is 1.67. The molecule has 3 N–H and O–H groups in total. The minimum atomic E-state index is -0.257. The molecule has 0 fully saturated rings. The van der Waals surface area contributed by atoms with E-state index in [-0.39, 0.29) is 5.91 Å². The van der Waals surface area contributed by atoms with Gasteiger partial charge in [0.2, 0.25) is 0 Å². The fourth-order valence-electron chi connectivity index (χ4n) is 1.67. The van der Waals surface area contributed by atoms with Crippen molar-refractivity contribution in [1.29, 1.82) is 0 Å². The van der Waals surface area contributed by atoms with Crippen LogP contribution in [0.4, 0.5) is 11.4 Å². The number of hydrogen-bond acceptors (Lipinski definition) is 4. The quantitative estimate of drug-likeness (QED) is 0.876. The zero-order valence-electron chi connectivity index (χ0n) is 11.3. The van der Waals surface area contributed by atoms with E-state index in [0.29, 0.717) is 23.5 Å². The standard InChI is InChI=1S/C15H17N3O2/c1-2-9-20-12-5-3-11(4-6-12)18-15(19)13-7-8-17-10-14(13)16/h3-8,10H,2,9,16H2,1H3,(H,18,19). The van der Waals surface area contributed by atoms with Gasteiger partial charge in [-0.15, -0.1) is 0 Å². The van der Waals surface area contributed by atoms with Crippen molar-refractivity contribution in [2.24, 2.45) is 0 Å². The first-order valence-corrected chi connectivity index (χ1v) is 6.44. The molecule has 1 heterocycles. The molecule has 20 heavy (non-hydrogen) atoms. The summed E-state index contributed by atoms with van der Waals surface area (Å²) in [5, 5.41) is 2.78. The lowest BCUT2D eigenvalue weighted by molar-refractivity contribution is 0.102. The van der Waals surface area contributed by atoms with Gasteiger partial charge in [0.05, 0.1) is 24.1 Å². The highest BCUT2D eigenvalue weighted by atomic mass is 16.5. The van der Waals surface area contributed by atoms with Crippen molar-refractivity contribution < 1.29 is 9.53 Å². The molecule has 104 valence electrons. The van der Waals surface area contributed by atoms with Crippen LogP contribution < -0.4 is 15.8 Å². The molecule has 5 heteroatoms. The molecule has 0 atom stereocenters. The summed E-state index contributed by atoms with van der Waals surface area (Å²) in [5.41, 5.74) is 7.16. The van der Waals surface area contributed by atoms with Gasteiger partial charge in [0.1, 0.15) is 5.75 Å². The van der Waals surface area contributed by atoms with E-state index in [1.165, 1.54) is 12.4 Å². The van der Waals surface area contributed by atoms with Crippen LogP contribution in [0.2, 0.25) is 0 Å². The molecule has 0 saturated carbocycles. The number of aromatic nitrogens is 1. The van der Waals surface area contributed by atoms with Crippen LogP contribution in [0.25, 0.3) is 0 Å². The van der Waals surface area contributed by atoms with E-state index >= 15 is 0 Å². The Morgan fingerprint density at radius 1 is 1.30 bits per heavy atom. The number of hydrogen-bond donors (Lipinski definition) is 2. The summed E-state index contributed by atoms with van der Waals surface area (Å²) in [6, 6.07) is 8.81. The van der Waals surface area contributed by atoms with Crippen LogP contribution in [0.5, 0.6) is 5.75 Å². The predicted molar refractivity (Wildman–Crippen MR) is 78.8 cm³/mol. The van der Waals surface area contributed by atoms with Crippen LogP contribution in [0.15, 0.2) is 42.7 Å². The maximum atomic E-state index is 12.0. The number of carbonyl (C=O) groups excluding carboxylic acids is 1. The van der Waals surface area contributed by atoms with E-state index in [2.05, 4.69) is 10.3 Å². The average molecular weight is 271 g/mol. The molecule has 1 aromatic heterocycles. The van der Waals surface area contributed by atoms with E-state index < -0.39 is 0 Å². The third-order valence-corrected chi connectivity index (χ3v) is 2.68. The fraction of sp³-hybridized carbons (Fsp3) is 0.200. The molecule has 0 aliphatic carbocycles. The van der Waals surface area contributed by atoms with Crippen molar-refractivity contribution in [2.45, 2.75) is 13.3 Å². The first kappa shape index (κ1) is 13.9. The zero-order valence-corrected chi connectivity index (χ0v) is 11.3. The number of nitrogen functional groups attached to an aromatic ring is 1. The number of nitrogens with one attached hydrogen (secondary N) is 1. The SMILES string of the molecule is CCCOc1ccc(NC(=O)c2ccncc2N)cc1.